The molecule has 0 spiro atoms. The summed E-state index contributed by atoms with van der Waals surface area (Å²) in [5, 5.41) is 12.8. The predicted octanol–water partition coefficient (Wildman–Crippen LogP) is 5.30. The number of fused-ring (bicyclic) bond motifs is 3. The molecule has 0 saturated heterocycles. The Hall–Kier alpha value is -2.82. The third-order valence-electron chi connectivity index (χ3n) is 5.30. The third kappa shape index (κ3) is 4.14. The van der Waals surface area contributed by atoms with Gasteiger partial charge in [0.05, 0.1) is 6.04 Å². The van der Waals surface area contributed by atoms with Crippen LogP contribution in [0, 0.1) is 0 Å². The zero-order valence-electron chi connectivity index (χ0n) is 15.8. The Balaban J connectivity index is 1.47. The normalized spacial score (nSPS) is 13.4. The van der Waals surface area contributed by atoms with Crippen LogP contribution < -0.4 is 5.32 Å². The number of amides is 1. The number of alkyl carbamates (subject to hydrolysis) is 1. The van der Waals surface area contributed by atoms with E-state index in [-0.39, 0.29) is 25.2 Å². The molecule has 0 heterocycles. The summed E-state index contributed by atoms with van der Waals surface area (Å²) < 4.78 is 5.60. The number of halogens is 1. The Morgan fingerprint density at radius 2 is 1.66 bits per heavy atom. The minimum atomic E-state index is -0.509. The van der Waals surface area contributed by atoms with Crippen LogP contribution in [0.25, 0.3) is 11.1 Å². The van der Waals surface area contributed by atoms with Crippen molar-refractivity contribution in [1.29, 1.82) is 0 Å². The summed E-state index contributed by atoms with van der Waals surface area (Å²) in [7, 11) is 0. The number of hydrogen-bond donors (Lipinski definition) is 2. The monoisotopic (exact) mass is 407 g/mol. The maximum absolute atomic E-state index is 12.5. The molecule has 4 rings (SSSR count). The molecule has 0 aliphatic heterocycles. The highest BCUT2D eigenvalue weighted by atomic mass is 35.5. The fourth-order valence-electron chi connectivity index (χ4n) is 3.96. The van der Waals surface area contributed by atoms with Crippen LogP contribution >= 0.6 is 11.6 Å². The summed E-state index contributed by atoms with van der Waals surface area (Å²) in [5.41, 5.74) is 5.55. The molecule has 0 saturated carbocycles. The first-order chi connectivity index (χ1) is 14.2. The highest BCUT2D eigenvalue weighted by Crippen LogP contribution is 2.44. The minimum Gasteiger partial charge on any atom is -0.449 e. The van der Waals surface area contributed by atoms with Gasteiger partial charge in [-0.05, 0) is 46.4 Å². The average molecular weight is 408 g/mol. The van der Waals surface area contributed by atoms with Gasteiger partial charge in [0, 0.05) is 17.5 Å². The molecule has 1 atom stereocenters. The van der Waals surface area contributed by atoms with E-state index in [2.05, 4.69) is 29.6 Å². The number of hydrogen-bond acceptors (Lipinski definition) is 3. The molecular weight excluding hydrogens is 386 g/mol. The van der Waals surface area contributed by atoms with Crippen molar-refractivity contribution in [3.05, 3.63) is 94.5 Å². The number of aliphatic hydroxyl groups is 1. The van der Waals surface area contributed by atoms with Crippen molar-refractivity contribution in [2.75, 3.05) is 13.2 Å². The van der Waals surface area contributed by atoms with E-state index in [1.165, 1.54) is 22.3 Å². The molecule has 148 valence electrons. The van der Waals surface area contributed by atoms with Gasteiger partial charge in [-0.2, -0.15) is 0 Å². The van der Waals surface area contributed by atoms with Crippen LogP contribution in [0.2, 0.25) is 5.02 Å². The molecule has 0 radical (unpaired) electrons. The average Bonchev–Trinajstić information content (AvgIpc) is 3.06. The van der Waals surface area contributed by atoms with Crippen LogP contribution in [0.15, 0.2) is 72.8 Å². The lowest BCUT2D eigenvalue weighted by atomic mass is 9.98. The molecule has 0 aromatic heterocycles. The maximum atomic E-state index is 12.5. The largest absolute Gasteiger partial charge is 0.449 e. The minimum absolute atomic E-state index is 0.00983. The molecule has 29 heavy (non-hydrogen) atoms. The Labute approximate surface area is 175 Å². The van der Waals surface area contributed by atoms with E-state index >= 15 is 0 Å². The molecule has 0 unspecified atom stereocenters. The summed E-state index contributed by atoms with van der Waals surface area (Å²) in [6.45, 7) is 0.197. The van der Waals surface area contributed by atoms with Crippen molar-refractivity contribution in [1.82, 2.24) is 5.32 Å². The van der Waals surface area contributed by atoms with Gasteiger partial charge in [0.1, 0.15) is 6.61 Å². The molecule has 1 aliphatic rings. The number of nitrogens with one attached hydrogen (secondary N) is 1. The van der Waals surface area contributed by atoms with Gasteiger partial charge in [-0.1, -0.05) is 72.3 Å². The molecule has 1 amide bonds. The molecule has 3 aromatic carbocycles. The first kappa shape index (κ1) is 19.5. The van der Waals surface area contributed by atoms with Crippen LogP contribution in [0.5, 0.6) is 0 Å². The van der Waals surface area contributed by atoms with Gasteiger partial charge < -0.3 is 15.2 Å². The van der Waals surface area contributed by atoms with E-state index < -0.39 is 6.09 Å². The van der Waals surface area contributed by atoms with Crippen molar-refractivity contribution >= 4 is 17.7 Å². The molecule has 5 heteroatoms. The summed E-state index contributed by atoms with van der Waals surface area (Å²) in [4.78, 5) is 12.5. The topological polar surface area (TPSA) is 58.6 Å². The van der Waals surface area contributed by atoms with Crippen molar-refractivity contribution in [2.45, 2.75) is 18.4 Å². The van der Waals surface area contributed by atoms with Crippen LogP contribution in [0.4, 0.5) is 4.79 Å². The molecule has 1 aliphatic carbocycles. The lowest BCUT2D eigenvalue weighted by molar-refractivity contribution is 0.136. The van der Waals surface area contributed by atoms with E-state index in [0.717, 1.165) is 5.56 Å². The van der Waals surface area contributed by atoms with Gasteiger partial charge >= 0.3 is 6.09 Å². The first-order valence-corrected chi connectivity index (χ1v) is 10.0. The number of rotatable bonds is 6. The number of benzene rings is 3. The standard InChI is InChI=1S/C24H22ClNO3/c25-17-7-5-6-16(14-17)23(12-13-27)26-24(28)29-15-22-20-10-3-1-8-18(20)19-9-2-4-11-21(19)22/h1-11,14,22-23,27H,12-13,15H2,(H,26,28)/t23-/m0/s1. The molecular formula is C24H22ClNO3. The van der Waals surface area contributed by atoms with E-state index in [4.69, 9.17) is 16.3 Å². The second-order valence-electron chi connectivity index (χ2n) is 7.09. The Bertz CT molecular complexity index is 975. The highest BCUT2D eigenvalue weighted by molar-refractivity contribution is 6.30. The van der Waals surface area contributed by atoms with Crippen molar-refractivity contribution in [2.24, 2.45) is 0 Å². The van der Waals surface area contributed by atoms with Crippen LogP contribution in [0.1, 0.15) is 35.1 Å². The SMILES string of the molecule is O=C(N[C@@H](CCO)c1cccc(Cl)c1)OCC1c2ccccc2-c2ccccc21. The second-order valence-corrected chi connectivity index (χ2v) is 7.53. The van der Waals surface area contributed by atoms with Crippen molar-refractivity contribution in [3.8, 4) is 11.1 Å². The first-order valence-electron chi connectivity index (χ1n) is 9.65. The van der Waals surface area contributed by atoms with Crippen LogP contribution in [0.3, 0.4) is 0 Å². The Morgan fingerprint density at radius 3 is 2.28 bits per heavy atom. The summed E-state index contributed by atoms with van der Waals surface area (Å²) in [6.07, 6.45) is -0.129. The fourth-order valence-corrected chi connectivity index (χ4v) is 4.16. The van der Waals surface area contributed by atoms with E-state index in [1.807, 2.05) is 36.4 Å². The van der Waals surface area contributed by atoms with Crippen LogP contribution in [-0.2, 0) is 4.74 Å². The van der Waals surface area contributed by atoms with Gasteiger partial charge in [-0.3, -0.25) is 0 Å². The Kier molecular flexibility index (Phi) is 5.84. The molecule has 3 aromatic rings. The fraction of sp³-hybridized carbons (Fsp3) is 0.208. The molecule has 2 N–H and O–H groups in total. The van der Waals surface area contributed by atoms with E-state index in [0.29, 0.717) is 11.4 Å². The molecule has 0 bridgehead atoms. The zero-order valence-corrected chi connectivity index (χ0v) is 16.6. The smallest absolute Gasteiger partial charge is 0.407 e. The van der Waals surface area contributed by atoms with Gasteiger partial charge in [0.2, 0.25) is 0 Å². The summed E-state index contributed by atoms with van der Waals surface area (Å²) >= 11 is 6.06. The number of aliphatic hydroxyl groups excluding tert-OH is 1. The number of ether oxygens (including phenoxy) is 1. The maximum Gasteiger partial charge on any atom is 0.407 e. The Morgan fingerprint density at radius 1 is 1.00 bits per heavy atom. The van der Waals surface area contributed by atoms with Gasteiger partial charge in [0.15, 0.2) is 0 Å². The van der Waals surface area contributed by atoms with Crippen LogP contribution in [-0.4, -0.2) is 24.4 Å². The number of carbonyl (C=O) groups is 1. The quantitative estimate of drug-likeness (QED) is 0.582. The highest BCUT2D eigenvalue weighted by Gasteiger charge is 2.29. The number of carbonyl (C=O) groups excluding carboxylic acids is 1. The van der Waals surface area contributed by atoms with Gasteiger partial charge in [-0.25, -0.2) is 4.79 Å². The lowest BCUT2D eigenvalue weighted by Crippen LogP contribution is -2.31. The van der Waals surface area contributed by atoms with Crippen molar-refractivity contribution in [3.63, 3.8) is 0 Å². The van der Waals surface area contributed by atoms with Gasteiger partial charge in [0.25, 0.3) is 0 Å². The predicted molar refractivity (Wildman–Crippen MR) is 114 cm³/mol. The van der Waals surface area contributed by atoms with Gasteiger partial charge in [-0.15, -0.1) is 0 Å². The summed E-state index contributed by atoms with van der Waals surface area (Å²) in [6, 6.07) is 23.3. The van der Waals surface area contributed by atoms with E-state index in [1.54, 1.807) is 12.1 Å². The van der Waals surface area contributed by atoms with Crippen molar-refractivity contribution < 1.29 is 14.6 Å². The van der Waals surface area contributed by atoms with E-state index in [9.17, 15) is 9.90 Å². The zero-order chi connectivity index (χ0) is 20.2. The molecule has 4 nitrogen and oxygen atoms in total. The molecule has 0 fully saturated rings. The lowest BCUT2D eigenvalue weighted by Gasteiger charge is -2.20. The summed E-state index contributed by atoms with van der Waals surface area (Å²) in [5.74, 6) is 0.00983. The second kappa shape index (κ2) is 8.68. The third-order valence-corrected chi connectivity index (χ3v) is 5.54.